The molecule has 6 heteroatoms. The van der Waals surface area contributed by atoms with Gasteiger partial charge in [-0.2, -0.15) is 0 Å². The summed E-state index contributed by atoms with van der Waals surface area (Å²) in [6.07, 6.45) is 3.96. The van der Waals surface area contributed by atoms with Gasteiger partial charge in [-0.15, -0.1) is 0 Å². The van der Waals surface area contributed by atoms with Crippen molar-refractivity contribution in [2.45, 2.75) is 13.5 Å². The van der Waals surface area contributed by atoms with Crippen LogP contribution in [0.2, 0.25) is 0 Å². The van der Waals surface area contributed by atoms with Gasteiger partial charge < -0.3 is 19.4 Å². The number of para-hydroxylation sites is 1. The number of aryl methyl sites for hydroxylation is 1. The van der Waals surface area contributed by atoms with Crippen molar-refractivity contribution in [2.24, 2.45) is 11.8 Å². The third-order valence-corrected chi connectivity index (χ3v) is 5.90. The van der Waals surface area contributed by atoms with Crippen LogP contribution < -0.4 is 10.1 Å². The number of hydrogen-bond acceptors (Lipinski definition) is 4. The maximum absolute atomic E-state index is 13.1. The third kappa shape index (κ3) is 3.03. The predicted octanol–water partition coefficient (Wildman–Crippen LogP) is 2.51. The fourth-order valence-electron chi connectivity index (χ4n) is 4.39. The minimum absolute atomic E-state index is 0.0656. The van der Waals surface area contributed by atoms with E-state index in [0.29, 0.717) is 29.8 Å². The van der Waals surface area contributed by atoms with Crippen LogP contribution in [0.5, 0.6) is 5.75 Å². The minimum atomic E-state index is 0.0656. The number of aromatic nitrogens is 2. The Morgan fingerprint density at radius 1 is 1.18 bits per heavy atom. The van der Waals surface area contributed by atoms with Crippen molar-refractivity contribution in [1.29, 1.82) is 0 Å². The molecule has 0 spiro atoms. The normalized spacial score (nSPS) is 21.2. The molecule has 2 fully saturated rings. The van der Waals surface area contributed by atoms with Crippen LogP contribution in [0.1, 0.15) is 21.6 Å². The molecule has 5 rings (SSSR count). The zero-order valence-corrected chi connectivity index (χ0v) is 16.0. The van der Waals surface area contributed by atoms with Gasteiger partial charge >= 0.3 is 0 Å². The van der Waals surface area contributed by atoms with E-state index in [1.807, 2.05) is 65.0 Å². The number of imidazole rings is 1. The molecule has 1 amide bonds. The smallest absolute Gasteiger partial charge is 0.257 e. The monoisotopic (exact) mass is 376 g/mol. The van der Waals surface area contributed by atoms with E-state index in [9.17, 15) is 4.79 Å². The van der Waals surface area contributed by atoms with E-state index in [1.165, 1.54) is 0 Å². The van der Waals surface area contributed by atoms with Crippen LogP contribution >= 0.6 is 0 Å². The first-order valence-corrected chi connectivity index (χ1v) is 9.84. The van der Waals surface area contributed by atoms with Gasteiger partial charge in [-0.1, -0.05) is 18.2 Å². The molecule has 0 unspecified atom stereocenters. The zero-order valence-electron chi connectivity index (χ0n) is 16.0. The van der Waals surface area contributed by atoms with Crippen LogP contribution in [0.25, 0.3) is 5.65 Å². The van der Waals surface area contributed by atoms with E-state index in [-0.39, 0.29) is 5.91 Å². The molecule has 2 aromatic heterocycles. The van der Waals surface area contributed by atoms with Gasteiger partial charge in [0, 0.05) is 38.6 Å². The van der Waals surface area contributed by atoms with E-state index >= 15 is 0 Å². The molecule has 2 aliphatic heterocycles. The lowest BCUT2D eigenvalue weighted by Gasteiger charge is -2.19. The Bertz CT molecular complexity index is 1020. The maximum atomic E-state index is 13.1. The van der Waals surface area contributed by atoms with Crippen molar-refractivity contribution >= 4 is 11.6 Å². The molecule has 0 bridgehead atoms. The van der Waals surface area contributed by atoms with Crippen molar-refractivity contribution in [3.63, 3.8) is 0 Å². The number of carbonyl (C=O) groups is 1. The number of rotatable bonds is 4. The first kappa shape index (κ1) is 17.3. The standard InChI is InChI=1S/C22H24N4O2/c1-15-5-4-8-25-13-18(24-21(15)25)14-28-20-7-3-2-6-19(20)22(27)26-11-16-9-23-10-17(16)12-26/h2-8,13,16-17,23H,9-12,14H2,1H3/t16-,17+. The van der Waals surface area contributed by atoms with Crippen LogP contribution in [0.3, 0.4) is 0 Å². The lowest BCUT2D eigenvalue weighted by atomic mass is 10.0. The molecule has 4 heterocycles. The molecule has 0 radical (unpaired) electrons. The number of ether oxygens (including phenoxy) is 1. The summed E-state index contributed by atoms with van der Waals surface area (Å²) in [5, 5.41) is 3.42. The number of benzene rings is 1. The van der Waals surface area contributed by atoms with Crippen LogP contribution in [0.4, 0.5) is 0 Å². The van der Waals surface area contributed by atoms with Gasteiger partial charge in [-0.05, 0) is 42.5 Å². The molecule has 2 saturated heterocycles. The number of nitrogens with zero attached hydrogens (tertiary/aromatic N) is 3. The molecular weight excluding hydrogens is 352 g/mol. The second-order valence-corrected chi connectivity index (χ2v) is 7.83. The summed E-state index contributed by atoms with van der Waals surface area (Å²) in [6.45, 7) is 6.06. The summed E-state index contributed by atoms with van der Waals surface area (Å²) in [5.74, 6) is 1.85. The lowest BCUT2D eigenvalue weighted by Crippen LogP contribution is -2.32. The first-order valence-electron chi connectivity index (χ1n) is 9.84. The fourth-order valence-corrected chi connectivity index (χ4v) is 4.39. The van der Waals surface area contributed by atoms with Crippen molar-refractivity contribution in [3.8, 4) is 5.75 Å². The SMILES string of the molecule is Cc1cccn2cc(COc3ccccc3C(=O)N3C[C@H]4CNC[C@H]4C3)nc12. The summed E-state index contributed by atoms with van der Waals surface area (Å²) in [5.41, 5.74) is 3.54. The molecule has 1 N–H and O–H groups in total. The predicted molar refractivity (Wildman–Crippen MR) is 106 cm³/mol. The molecule has 2 aliphatic rings. The number of likely N-dealkylation sites (tertiary alicyclic amines) is 1. The topological polar surface area (TPSA) is 58.9 Å². The molecule has 6 nitrogen and oxygen atoms in total. The van der Waals surface area contributed by atoms with E-state index in [0.717, 1.165) is 43.1 Å². The molecule has 1 aromatic carbocycles. The summed E-state index contributed by atoms with van der Waals surface area (Å²) in [4.78, 5) is 19.7. The van der Waals surface area contributed by atoms with E-state index in [4.69, 9.17) is 4.74 Å². The summed E-state index contributed by atoms with van der Waals surface area (Å²) < 4.78 is 8.03. The van der Waals surface area contributed by atoms with Gasteiger partial charge in [-0.25, -0.2) is 4.98 Å². The van der Waals surface area contributed by atoms with Gasteiger partial charge in [0.2, 0.25) is 0 Å². The highest BCUT2D eigenvalue weighted by molar-refractivity contribution is 5.97. The van der Waals surface area contributed by atoms with Gasteiger partial charge in [-0.3, -0.25) is 4.79 Å². The lowest BCUT2D eigenvalue weighted by molar-refractivity contribution is 0.0776. The molecular formula is C22H24N4O2. The maximum Gasteiger partial charge on any atom is 0.257 e. The molecule has 28 heavy (non-hydrogen) atoms. The van der Waals surface area contributed by atoms with Gasteiger partial charge in [0.1, 0.15) is 18.0 Å². The first-order chi connectivity index (χ1) is 13.7. The molecule has 144 valence electrons. The zero-order chi connectivity index (χ0) is 19.1. The fraction of sp³-hybridized carbons (Fsp3) is 0.364. The van der Waals surface area contributed by atoms with Crippen molar-refractivity contribution < 1.29 is 9.53 Å². The Hall–Kier alpha value is -2.86. The average Bonchev–Trinajstić information content (AvgIpc) is 3.41. The Kier molecular flexibility index (Phi) is 4.28. The largest absolute Gasteiger partial charge is 0.486 e. The van der Waals surface area contributed by atoms with E-state index in [2.05, 4.69) is 10.3 Å². The minimum Gasteiger partial charge on any atom is -0.486 e. The number of amides is 1. The van der Waals surface area contributed by atoms with Crippen LogP contribution in [-0.2, 0) is 6.61 Å². The molecule has 0 aliphatic carbocycles. The number of pyridine rings is 1. The van der Waals surface area contributed by atoms with Crippen molar-refractivity contribution in [3.05, 3.63) is 65.6 Å². The van der Waals surface area contributed by atoms with Crippen LogP contribution in [-0.4, -0.2) is 46.4 Å². The number of carbonyl (C=O) groups excluding carboxylic acids is 1. The Morgan fingerprint density at radius 2 is 1.96 bits per heavy atom. The highest BCUT2D eigenvalue weighted by Gasteiger charge is 2.38. The Labute approximate surface area is 164 Å². The van der Waals surface area contributed by atoms with Crippen molar-refractivity contribution in [2.75, 3.05) is 26.2 Å². The van der Waals surface area contributed by atoms with Crippen LogP contribution in [0, 0.1) is 18.8 Å². The van der Waals surface area contributed by atoms with Gasteiger partial charge in [0.05, 0.1) is 11.3 Å². The van der Waals surface area contributed by atoms with Gasteiger partial charge in [0.15, 0.2) is 0 Å². The number of hydrogen-bond donors (Lipinski definition) is 1. The Balaban J connectivity index is 1.33. The second kappa shape index (κ2) is 6.95. The van der Waals surface area contributed by atoms with E-state index in [1.54, 1.807) is 0 Å². The second-order valence-electron chi connectivity index (χ2n) is 7.83. The number of nitrogens with one attached hydrogen (secondary N) is 1. The summed E-state index contributed by atoms with van der Waals surface area (Å²) >= 11 is 0. The highest BCUT2D eigenvalue weighted by Crippen LogP contribution is 2.29. The average molecular weight is 376 g/mol. The molecule has 0 saturated carbocycles. The van der Waals surface area contributed by atoms with Crippen LogP contribution in [0.15, 0.2) is 48.8 Å². The summed E-state index contributed by atoms with van der Waals surface area (Å²) in [7, 11) is 0. The van der Waals surface area contributed by atoms with E-state index < -0.39 is 0 Å². The van der Waals surface area contributed by atoms with Gasteiger partial charge in [0.25, 0.3) is 5.91 Å². The Morgan fingerprint density at radius 3 is 2.75 bits per heavy atom. The quantitative estimate of drug-likeness (QED) is 0.760. The molecule has 2 atom stereocenters. The highest BCUT2D eigenvalue weighted by atomic mass is 16.5. The number of fused-ring (bicyclic) bond motifs is 2. The van der Waals surface area contributed by atoms with Crippen molar-refractivity contribution in [1.82, 2.24) is 19.6 Å². The third-order valence-electron chi connectivity index (χ3n) is 5.90. The summed E-state index contributed by atoms with van der Waals surface area (Å²) in [6, 6.07) is 11.6. The molecule has 3 aromatic rings.